The number of nitrogens with two attached hydrogens (primary N) is 1. The quantitative estimate of drug-likeness (QED) is 0.820. The number of hydrogen-bond donors (Lipinski definition) is 1. The lowest BCUT2D eigenvalue weighted by Crippen LogP contribution is -2.18. The first-order valence-electron chi connectivity index (χ1n) is 5.53. The van der Waals surface area contributed by atoms with Crippen LogP contribution in [-0.4, -0.2) is 24.2 Å². The van der Waals surface area contributed by atoms with Gasteiger partial charge in [0.25, 0.3) is 0 Å². The monoisotopic (exact) mass is 210 g/mol. The Hall–Kier alpha value is -0.870. The van der Waals surface area contributed by atoms with Crippen LogP contribution in [0.25, 0.3) is 0 Å². The summed E-state index contributed by atoms with van der Waals surface area (Å²) in [5.41, 5.74) is 6.67. The molecule has 1 aliphatic heterocycles. The van der Waals surface area contributed by atoms with Gasteiger partial charge in [0, 0.05) is 31.6 Å². The maximum Gasteiger partial charge on any atom is 0.197 e. The first-order valence-corrected chi connectivity index (χ1v) is 5.53. The highest BCUT2D eigenvalue weighted by atomic mass is 16.5. The van der Waals surface area contributed by atoms with Crippen molar-refractivity contribution in [3.8, 4) is 0 Å². The van der Waals surface area contributed by atoms with E-state index in [1.807, 2.05) is 6.92 Å². The van der Waals surface area contributed by atoms with Crippen molar-refractivity contribution in [2.24, 2.45) is 5.73 Å². The van der Waals surface area contributed by atoms with Gasteiger partial charge in [-0.2, -0.15) is 0 Å². The molecule has 0 amide bonds. The summed E-state index contributed by atoms with van der Waals surface area (Å²) in [4.78, 5) is 4.47. The van der Waals surface area contributed by atoms with E-state index in [1.54, 1.807) is 6.26 Å². The topological polar surface area (TPSA) is 61.3 Å². The van der Waals surface area contributed by atoms with Crippen LogP contribution >= 0.6 is 0 Å². The molecule has 1 unspecified atom stereocenters. The van der Waals surface area contributed by atoms with Crippen LogP contribution in [0.15, 0.2) is 10.7 Å². The number of ether oxygens (including phenoxy) is 1. The Balaban J connectivity index is 1.99. The van der Waals surface area contributed by atoms with Crippen molar-refractivity contribution in [1.82, 2.24) is 4.98 Å². The highest BCUT2D eigenvalue weighted by Gasteiger charge is 2.20. The van der Waals surface area contributed by atoms with E-state index in [9.17, 15) is 0 Å². The van der Waals surface area contributed by atoms with Gasteiger partial charge in [0.15, 0.2) is 5.89 Å². The van der Waals surface area contributed by atoms with Crippen LogP contribution in [0.1, 0.15) is 37.3 Å². The first-order chi connectivity index (χ1) is 7.25. The Morgan fingerprint density at radius 1 is 1.53 bits per heavy atom. The van der Waals surface area contributed by atoms with E-state index >= 15 is 0 Å². The minimum Gasteiger partial charge on any atom is -0.448 e. The van der Waals surface area contributed by atoms with Crippen molar-refractivity contribution in [1.29, 1.82) is 0 Å². The standard InChI is InChI=1S/C11H18N2O2/c1-8(12)6-10-7-15-11(13-10)9-2-4-14-5-3-9/h7-9H,2-6,12H2,1H3. The molecule has 1 fully saturated rings. The van der Waals surface area contributed by atoms with Crippen molar-refractivity contribution in [3.05, 3.63) is 17.8 Å². The molecule has 84 valence electrons. The molecular formula is C11H18N2O2. The van der Waals surface area contributed by atoms with Gasteiger partial charge in [0.05, 0.1) is 5.69 Å². The Labute approximate surface area is 89.8 Å². The Morgan fingerprint density at radius 2 is 2.27 bits per heavy atom. The van der Waals surface area contributed by atoms with Crippen LogP contribution in [0.4, 0.5) is 0 Å². The largest absolute Gasteiger partial charge is 0.448 e. The van der Waals surface area contributed by atoms with E-state index < -0.39 is 0 Å². The molecular weight excluding hydrogens is 192 g/mol. The second kappa shape index (κ2) is 4.77. The lowest BCUT2D eigenvalue weighted by Gasteiger charge is -2.18. The second-order valence-electron chi connectivity index (χ2n) is 4.25. The third kappa shape index (κ3) is 2.79. The van der Waals surface area contributed by atoms with Crippen molar-refractivity contribution >= 4 is 0 Å². The molecule has 2 N–H and O–H groups in total. The second-order valence-corrected chi connectivity index (χ2v) is 4.25. The van der Waals surface area contributed by atoms with Crippen LogP contribution in [0.5, 0.6) is 0 Å². The van der Waals surface area contributed by atoms with Gasteiger partial charge in [-0.25, -0.2) is 4.98 Å². The van der Waals surface area contributed by atoms with Gasteiger partial charge in [-0.1, -0.05) is 0 Å². The van der Waals surface area contributed by atoms with E-state index in [4.69, 9.17) is 14.9 Å². The molecule has 0 spiro atoms. The average Bonchev–Trinajstić information content (AvgIpc) is 2.67. The predicted octanol–water partition coefficient (Wildman–Crippen LogP) is 1.46. The molecule has 0 saturated carbocycles. The SMILES string of the molecule is CC(N)Cc1coc(C2CCOCC2)n1. The number of aromatic nitrogens is 1. The summed E-state index contributed by atoms with van der Waals surface area (Å²) in [5.74, 6) is 1.29. The molecule has 1 aromatic rings. The summed E-state index contributed by atoms with van der Waals surface area (Å²) >= 11 is 0. The lowest BCUT2D eigenvalue weighted by atomic mass is 10.0. The van der Waals surface area contributed by atoms with Gasteiger partial charge in [-0.3, -0.25) is 0 Å². The highest BCUT2D eigenvalue weighted by Crippen LogP contribution is 2.26. The van der Waals surface area contributed by atoms with Gasteiger partial charge in [0.2, 0.25) is 0 Å². The molecule has 0 aliphatic carbocycles. The number of hydrogen-bond acceptors (Lipinski definition) is 4. The van der Waals surface area contributed by atoms with Crippen molar-refractivity contribution in [2.45, 2.75) is 38.1 Å². The third-order valence-corrected chi connectivity index (χ3v) is 2.67. The smallest absolute Gasteiger partial charge is 0.197 e. The van der Waals surface area contributed by atoms with Gasteiger partial charge in [-0.05, 0) is 19.8 Å². The normalized spacial score (nSPS) is 20.4. The molecule has 2 rings (SSSR count). The maximum atomic E-state index is 5.71. The fourth-order valence-electron chi connectivity index (χ4n) is 1.88. The van der Waals surface area contributed by atoms with Gasteiger partial charge in [0.1, 0.15) is 6.26 Å². The molecule has 1 aromatic heterocycles. The first kappa shape index (κ1) is 10.6. The molecule has 1 atom stereocenters. The molecule has 1 saturated heterocycles. The Morgan fingerprint density at radius 3 is 2.93 bits per heavy atom. The summed E-state index contributed by atoms with van der Waals surface area (Å²) in [7, 11) is 0. The highest BCUT2D eigenvalue weighted by molar-refractivity contribution is 5.02. The average molecular weight is 210 g/mol. The van der Waals surface area contributed by atoms with Crippen LogP contribution in [0.2, 0.25) is 0 Å². The Kier molecular flexibility index (Phi) is 3.38. The van der Waals surface area contributed by atoms with Gasteiger partial charge in [-0.15, -0.1) is 0 Å². The van der Waals surface area contributed by atoms with Crippen LogP contribution in [0.3, 0.4) is 0 Å². The van der Waals surface area contributed by atoms with E-state index in [2.05, 4.69) is 4.98 Å². The van der Waals surface area contributed by atoms with Crippen molar-refractivity contribution in [2.75, 3.05) is 13.2 Å². The van der Waals surface area contributed by atoms with Gasteiger partial charge < -0.3 is 14.9 Å². The number of rotatable bonds is 3. The number of nitrogens with zero attached hydrogens (tertiary/aromatic N) is 1. The molecule has 0 radical (unpaired) electrons. The van der Waals surface area contributed by atoms with Crippen LogP contribution < -0.4 is 5.73 Å². The molecule has 4 heteroatoms. The molecule has 0 aromatic carbocycles. The van der Waals surface area contributed by atoms with Crippen molar-refractivity contribution < 1.29 is 9.15 Å². The van der Waals surface area contributed by atoms with Crippen LogP contribution in [-0.2, 0) is 11.2 Å². The minimum atomic E-state index is 0.137. The number of oxazole rings is 1. The summed E-state index contributed by atoms with van der Waals surface area (Å²) in [5, 5.41) is 0. The van der Waals surface area contributed by atoms with Crippen LogP contribution in [0, 0.1) is 0 Å². The molecule has 1 aliphatic rings. The summed E-state index contributed by atoms with van der Waals surface area (Å²) in [6, 6.07) is 0.137. The zero-order valence-electron chi connectivity index (χ0n) is 9.11. The maximum absolute atomic E-state index is 5.71. The Bertz CT molecular complexity index is 303. The fraction of sp³-hybridized carbons (Fsp3) is 0.727. The molecule has 15 heavy (non-hydrogen) atoms. The zero-order valence-corrected chi connectivity index (χ0v) is 9.11. The minimum absolute atomic E-state index is 0.137. The van der Waals surface area contributed by atoms with Crippen molar-refractivity contribution in [3.63, 3.8) is 0 Å². The fourth-order valence-corrected chi connectivity index (χ4v) is 1.88. The summed E-state index contributed by atoms with van der Waals surface area (Å²) in [6.07, 6.45) is 4.54. The zero-order chi connectivity index (χ0) is 10.7. The molecule has 4 nitrogen and oxygen atoms in total. The van der Waals surface area contributed by atoms with E-state index in [1.165, 1.54) is 0 Å². The molecule has 0 bridgehead atoms. The summed E-state index contributed by atoms with van der Waals surface area (Å²) < 4.78 is 10.8. The predicted molar refractivity (Wildman–Crippen MR) is 56.7 cm³/mol. The third-order valence-electron chi connectivity index (χ3n) is 2.67. The summed E-state index contributed by atoms with van der Waals surface area (Å²) in [6.45, 7) is 3.61. The van der Waals surface area contributed by atoms with Gasteiger partial charge >= 0.3 is 0 Å². The van der Waals surface area contributed by atoms with E-state index in [-0.39, 0.29) is 6.04 Å². The lowest BCUT2D eigenvalue weighted by molar-refractivity contribution is 0.0794. The van der Waals surface area contributed by atoms with E-state index in [0.29, 0.717) is 5.92 Å². The molecule has 2 heterocycles. The van der Waals surface area contributed by atoms with E-state index in [0.717, 1.165) is 44.1 Å².